The maximum absolute atomic E-state index is 12.4. The Balaban J connectivity index is 2.08. The second-order valence-electron chi connectivity index (χ2n) is 6.64. The van der Waals surface area contributed by atoms with Crippen molar-refractivity contribution in [3.63, 3.8) is 0 Å². The molecule has 7 heteroatoms. The molecule has 3 aromatic rings. The first kappa shape index (κ1) is 16.9. The number of fused-ring (bicyclic) bond motifs is 1. The van der Waals surface area contributed by atoms with Gasteiger partial charge in [0.25, 0.3) is 0 Å². The Morgan fingerprint density at radius 3 is 2.62 bits per heavy atom. The number of H-pyrrole nitrogens is 1. The Labute approximate surface area is 153 Å². The van der Waals surface area contributed by atoms with Gasteiger partial charge in [-0.1, -0.05) is 5.16 Å². The standard InChI is InChI=1S/C17H18IN3O3/c1-8-12(9(2)24-21-8)10-6-11-14(19-7-10)13(18)15(20-11)16(22)23-17(3,4)5/h6-7,20H,1-5H3. The molecule has 3 heterocycles. The van der Waals surface area contributed by atoms with Gasteiger partial charge in [0.1, 0.15) is 22.6 Å². The number of aromatic nitrogens is 3. The molecule has 0 saturated heterocycles. The van der Waals surface area contributed by atoms with Crippen LogP contribution < -0.4 is 0 Å². The summed E-state index contributed by atoms with van der Waals surface area (Å²) in [6.07, 6.45) is 1.77. The lowest BCUT2D eigenvalue weighted by molar-refractivity contribution is 0.00626. The lowest BCUT2D eigenvalue weighted by Gasteiger charge is -2.18. The predicted molar refractivity (Wildman–Crippen MR) is 99.0 cm³/mol. The average molecular weight is 439 g/mol. The number of esters is 1. The van der Waals surface area contributed by atoms with E-state index >= 15 is 0 Å². The Bertz CT molecular complexity index is 915. The van der Waals surface area contributed by atoms with E-state index in [1.807, 2.05) is 40.7 Å². The maximum Gasteiger partial charge on any atom is 0.356 e. The topological polar surface area (TPSA) is 81.0 Å². The quantitative estimate of drug-likeness (QED) is 0.473. The molecular weight excluding hydrogens is 421 g/mol. The van der Waals surface area contributed by atoms with E-state index in [-0.39, 0.29) is 5.97 Å². The summed E-state index contributed by atoms with van der Waals surface area (Å²) in [7, 11) is 0. The third-order valence-corrected chi connectivity index (χ3v) is 4.55. The molecular formula is C17H18IN3O3. The Kier molecular flexibility index (Phi) is 4.15. The van der Waals surface area contributed by atoms with Crippen LogP contribution in [0.4, 0.5) is 0 Å². The van der Waals surface area contributed by atoms with E-state index in [1.54, 1.807) is 6.20 Å². The van der Waals surface area contributed by atoms with Gasteiger partial charge in [0.15, 0.2) is 0 Å². The molecule has 24 heavy (non-hydrogen) atoms. The third kappa shape index (κ3) is 3.04. The van der Waals surface area contributed by atoms with Crippen LogP contribution in [0.15, 0.2) is 16.8 Å². The van der Waals surface area contributed by atoms with Crippen LogP contribution in [-0.4, -0.2) is 26.7 Å². The zero-order valence-electron chi connectivity index (χ0n) is 14.2. The molecule has 0 aliphatic carbocycles. The van der Waals surface area contributed by atoms with E-state index in [0.717, 1.165) is 37.2 Å². The van der Waals surface area contributed by atoms with Crippen LogP contribution in [0.1, 0.15) is 42.7 Å². The SMILES string of the molecule is Cc1noc(C)c1-c1cnc2c(I)c(C(=O)OC(C)(C)C)[nH]c2c1. The van der Waals surface area contributed by atoms with Crippen molar-refractivity contribution in [2.75, 3.05) is 0 Å². The van der Waals surface area contributed by atoms with Gasteiger partial charge < -0.3 is 14.2 Å². The average Bonchev–Trinajstić information content (AvgIpc) is 2.97. The fourth-order valence-corrected chi connectivity index (χ4v) is 3.33. The minimum Gasteiger partial charge on any atom is -0.455 e. The monoisotopic (exact) mass is 439 g/mol. The van der Waals surface area contributed by atoms with Crippen molar-refractivity contribution in [1.82, 2.24) is 15.1 Å². The highest BCUT2D eigenvalue weighted by Gasteiger charge is 2.24. The molecule has 0 aromatic carbocycles. The van der Waals surface area contributed by atoms with Gasteiger partial charge in [-0.15, -0.1) is 0 Å². The van der Waals surface area contributed by atoms with Gasteiger partial charge in [-0.3, -0.25) is 4.98 Å². The van der Waals surface area contributed by atoms with Gasteiger partial charge in [0.05, 0.1) is 14.8 Å². The number of aryl methyl sites for hydroxylation is 2. The molecule has 6 nitrogen and oxygen atoms in total. The van der Waals surface area contributed by atoms with Crippen molar-refractivity contribution in [1.29, 1.82) is 0 Å². The summed E-state index contributed by atoms with van der Waals surface area (Å²) in [6.45, 7) is 9.28. The highest BCUT2D eigenvalue weighted by atomic mass is 127. The summed E-state index contributed by atoms with van der Waals surface area (Å²) < 4.78 is 11.4. The van der Waals surface area contributed by atoms with Gasteiger partial charge in [-0.2, -0.15) is 0 Å². The molecule has 0 amide bonds. The van der Waals surface area contributed by atoms with E-state index in [2.05, 4.69) is 37.7 Å². The molecule has 0 unspecified atom stereocenters. The molecule has 126 valence electrons. The van der Waals surface area contributed by atoms with Gasteiger partial charge in [0, 0.05) is 17.3 Å². The fourth-order valence-electron chi connectivity index (χ4n) is 2.54. The number of aromatic amines is 1. The number of carbonyl (C=O) groups excluding carboxylic acids is 1. The van der Waals surface area contributed by atoms with Crippen LogP contribution in [0, 0.1) is 17.4 Å². The molecule has 0 bridgehead atoms. The Morgan fingerprint density at radius 2 is 2.04 bits per heavy atom. The number of carbonyl (C=O) groups is 1. The fraction of sp³-hybridized carbons (Fsp3) is 0.353. The molecule has 3 rings (SSSR count). The largest absolute Gasteiger partial charge is 0.455 e. The first-order valence-corrected chi connectivity index (χ1v) is 8.59. The molecule has 0 spiro atoms. The maximum atomic E-state index is 12.4. The van der Waals surface area contributed by atoms with Gasteiger partial charge in [-0.05, 0) is 63.3 Å². The van der Waals surface area contributed by atoms with E-state index < -0.39 is 5.60 Å². The summed E-state index contributed by atoms with van der Waals surface area (Å²) in [5.41, 5.74) is 4.02. The van der Waals surface area contributed by atoms with Gasteiger partial charge in [0.2, 0.25) is 0 Å². The number of nitrogens with zero attached hydrogens (tertiary/aromatic N) is 2. The zero-order chi connectivity index (χ0) is 17.6. The molecule has 0 saturated carbocycles. The van der Waals surface area contributed by atoms with Crippen molar-refractivity contribution >= 4 is 39.6 Å². The Morgan fingerprint density at radius 1 is 1.33 bits per heavy atom. The lowest BCUT2D eigenvalue weighted by Crippen LogP contribution is -2.24. The number of ether oxygens (including phenoxy) is 1. The van der Waals surface area contributed by atoms with Crippen LogP contribution in [0.25, 0.3) is 22.2 Å². The predicted octanol–water partition coefficient (Wildman–Crippen LogP) is 4.39. The van der Waals surface area contributed by atoms with E-state index in [1.165, 1.54) is 0 Å². The van der Waals surface area contributed by atoms with Gasteiger partial charge >= 0.3 is 5.97 Å². The van der Waals surface area contributed by atoms with Crippen LogP contribution in [0.5, 0.6) is 0 Å². The molecule has 3 aromatic heterocycles. The first-order valence-electron chi connectivity index (χ1n) is 7.51. The number of rotatable bonds is 2. The van der Waals surface area contributed by atoms with Crippen molar-refractivity contribution in [3.05, 3.63) is 33.0 Å². The Hall–Kier alpha value is -1.90. The summed E-state index contributed by atoms with van der Waals surface area (Å²) in [5.74, 6) is 0.353. The van der Waals surface area contributed by atoms with Crippen molar-refractivity contribution in [2.24, 2.45) is 0 Å². The molecule has 0 radical (unpaired) electrons. The second kappa shape index (κ2) is 5.87. The smallest absolute Gasteiger partial charge is 0.356 e. The number of halogens is 1. The number of hydrogen-bond donors (Lipinski definition) is 1. The van der Waals surface area contributed by atoms with E-state index in [4.69, 9.17) is 9.26 Å². The van der Waals surface area contributed by atoms with Crippen LogP contribution >= 0.6 is 22.6 Å². The summed E-state index contributed by atoms with van der Waals surface area (Å²) in [5, 5.41) is 3.98. The minimum atomic E-state index is -0.549. The van der Waals surface area contributed by atoms with Crippen molar-refractivity contribution in [3.8, 4) is 11.1 Å². The van der Waals surface area contributed by atoms with Crippen LogP contribution in [0.3, 0.4) is 0 Å². The van der Waals surface area contributed by atoms with Crippen molar-refractivity contribution in [2.45, 2.75) is 40.2 Å². The van der Waals surface area contributed by atoms with Crippen LogP contribution in [-0.2, 0) is 4.74 Å². The van der Waals surface area contributed by atoms with Gasteiger partial charge in [-0.25, -0.2) is 4.79 Å². The molecule has 0 aliphatic heterocycles. The normalized spacial score (nSPS) is 11.9. The molecule has 1 N–H and O–H groups in total. The number of nitrogens with one attached hydrogen (secondary N) is 1. The second-order valence-corrected chi connectivity index (χ2v) is 7.71. The third-order valence-electron chi connectivity index (χ3n) is 3.50. The summed E-state index contributed by atoms with van der Waals surface area (Å²) >= 11 is 2.11. The zero-order valence-corrected chi connectivity index (χ0v) is 16.3. The molecule has 0 fully saturated rings. The summed E-state index contributed by atoms with van der Waals surface area (Å²) in [4.78, 5) is 20.0. The number of pyridine rings is 1. The van der Waals surface area contributed by atoms with E-state index in [0.29, 0.717) is 5.69 Å². The highest BCUT2D eigenvalue weighted by Crippen LogP contribution is 2.31. The lowest BCUT2D eigenvalue weighted by atomic mass is 10.1. The molecule has 0 aliphatic rings. The minimum absolute atomic E-state index is 0.385. The first-order chi connectivity index (χ1) is 11.2. The highest BCUT2D eigenvalue weighted by molar-refractivity contribution is 14.1. The van der Waals surface area contributed by atoms with E-state index in [9.17, 15) is 4.79 Å². The van der Waals surface area contributed by atoms with Crippen molar-refractivity contribution < 1.29 is 14.1 Å². The summed E-state index contributed by atoms with van der Waals surface area (Å²) in [6, 6.07) is 1.95. The number of hydrogen-bond acceptors (Lipinski definition) is 5. The van der Waals surface area contributed by atoms with Crippen LogP contribution in [0.2, 0.25) is 0 Å². The molecule has 0 atom stereocenters.